The van der Waals surface area contributed by atoms with Crippen molar-refractivity contribution in [1.82, 2.24) is 14.5 Å². The second-order valence-corrected chi connectivity index (χ2v) is 7.90. The fourth-order valence-electron chi connectivity index (χ4n) is 3.97. The van der Waals surface area contributed by atoms with E-state index >= 15 is 0 Å². The molecule has 0 atom stereocenters. The van der Waals surface area contributed by atoms with E-state index in [0.717, 1.165) is 55.8 Å². The molecule has 2 saturated carbocycles. The Hall–Kier alpha value is -1.75. The number of hydrogen-bond donors (Lipinski definition) is 1. The smallest absolute Gasteiger partial charge is 0.167 e. The molecule has 2 fully saturated rings. The summed E-state index contributed by atoms with van der Waals surface area (Å²) in [4.78, 5) is 8.89. The van der Waals surface area contributed by atoms with E-state index in [2.05, 4.69) is 14.5 Å². The van der Waals surface area contributed by atoms with Gasteiger partial charge in [-0.05, 0) is 62.8 Å². The summed E-state index contributed by atoms with van der Waals surface area (Å²) in [6.07, 6.45) is 12.1. The number of aryl methyl sites for hydroxylation is 1. The Bertz CT molecular complexity index is 742. The first-order chi connectivity index (χ1) is 12.1. The fourth-order valence-corrected chi connectivity index (χ4v) is 3.97. The molecule has 2 aliphatic rings. The summed E-state index contributed by atoms with van der Waals surface area (Å²) in [7, 11) is 2.03. The van der Waals surface area contributed by atoms with Crippen LogP contribution in [0, 0.1) is 17.7 Å². The molecule has 134 valence electrons. The summed E-state index contributed by atoms with van der Waals surface area (Å²) in [5.41, 5.74) is 8.58. The van der Waals surface area contributed by atoms with Gasteiger partial charge in [-0.25, -0.2) is 14.4 Å². The maximum absolute atomic E-state index is 14.5. The van der Waals surface area contributed by atoms with Gasteiger partial charge in [-0.3, -0.25) is 0 Å². The Morgan fingerprint density at radius 3 is 2.52 bits per heavy atom. The Kier molecular flexibility index (Phi) is 4.59. The van der Waals surface area contributed by atoms with E-state index in [1.807, 2.05) is 19.3 Å². The molecule has 4 rings (SSSR count). The van der Waals surface area contributed by atoms with Crippen molar-refractivity contribution >= 4 is 0 Å². The summed E-state index contributed by atoms with van der Waals surface area (Å²) in [5.74, 6) is 1.76. The van der Waals surface area contributed by atoms with Crippen molar-refractivity contribution in [3.8, 4) is 11.3 Å². The van der Waals surface area contributed by atoms with E-state index in [4.69, 9.17) is 5.73 Å². The van der Waals surface area contributed by atoms with Crippen LogP contribution in [0.25, 0.3) is 11.3 Å². The lowest BCUT2D eigenvalue weighted by molar-refractivity contribution is 0.320. The van der Waals surface area contributed by atoms with Crippen LogP contribution in [0.4, 0.5) is 4.39 Å². The van der Waals surface area contributed by atoms with E-state index in [9.17, 15) is 4.39 Å². The average Bonchev–Trinajstić information content (AvgIpc) is 3.35. The maximum atomic E-state index is 14.5. The van der Waals surface area contributed by atoms with Crippen LogP contribution >= 0.6 is 0 Å². The van der Waals surface area contributed by atoms with Crippen LogP contribution in [0.15, 0.2) is 18.5 Å². The first-order valence-electron chi connectivity index (χ1n) is 9.51. The highest BCUT2D eigenvalue weighted by Crippen LogP contribution is 2.36. The lowest BCUT2D eigenvalue weighted by atomic mass is 9.84. The van der Waals surface area contributed by atoms with Gasteiger partial charge in [-0.1, -0.05) is 0 Å². The summed E-state index contributed by atoms with van der Waals surface area (Å²) in [5, 5.41) is 0. The molecule has 0 spiro atoms. The van der Waals surface area contributed by atoms with Crippen molar-refractivity contribution in [2.75, 3.05) is 0 Å². The molecule has 0 unspecified atom stereocenters. The van der Waals surface area contributed by atoms with E-state index < -0.39 is 0 Å². The average molecular weight is 342 g/mol. The van der Waals surface area contributed by atoms with Gasteiger partial charge in [0.15, 0.2) is 5.82 Å². The minimum absolute atomic E-state index is 0.322. The van der Waals surface area contributed by atoms with Crippen LogP contribution in [-0.4, -0.2) is 20.6 Å². The Balaban J connectivity index is 1.57. The number of nitrogens with zero attached hydrogens (tertiary/aromatic N) is 3. The van der Waals surface area contributed by atoms with E-state index in [1.54, 1.807) is 0 Å². The highest BCUT2D eigenvalue weighted by molar-refractivity contribution is 5.63. The predicted molar refractivity (Wildman–Crippen MR) is 96.5 cm³/mol. The zero-order chi connectivity index (χ0) is 17.4. The summed E-state index contributed by atoms with van der Waals surface area (Å²) in [6, 6.07) is 2.34. The van der Waals surface area contributed by atoms with Gasteiger partial charge in [0, 0.05) is 37.0 Å². The normalized spacial score (nSPS) is 23.8. The van der Waals surface area contributed by atoms with Crippen LogP contribution < -0.4 is 5.73 Å². The molecular weight excluding hydrogens is 315 g/mol. The molecular formula is C20H27FN4. The van der Waals surface area contributed by atoms with Crippen LogP contribution in [0.2, 0.25) is 0 Å². The topological polar surface area (TPSA) is 56.7 Å². The summed E-state index contributed by atoms with van der Waals surface area (Å²) in [6.45, 7) is 0. The molecule has 0 amide bonds. The molecule has 2 heterocycles. The quantitative estimate of drug-likeness (QED) is 0.902. The molecule has 4 nitrogen and oxygen atoms in total. The standard InChI is InChI=1S/C20H27FN4/c1-25-9-8-16(18(25)10-13-2-3-13)20-17(21)12-23-19(24-20)11-14-4-6-15(22)7-5-14/h8-9,12-15H,2-7,10-11,22H2,1H3. The van der Waals surface area contributed by atoms with Crippen molar-refractivity contribution in [2.24, 2.45) is 24.6 Å². The van der Waals surface area contributed by atoms with Crippen LogP contribution in [0.5, 0.6) is 0 Å². The number of rotatable bonds is 5. The highest BCUT2D eigenvalue weighted by Gasteiger charge is 2.26. The summed E-state index contributed by atoms with van der Waals surface area (Å²) >= 11 is 0. The van der Waals surface area contributed by atoms with E-state index in [0.29, 0.717) is 17.7 Å². The van der Waals surface area contributed by atoms with Gasteiger partial charge in [0.1, 0.15) is 11.5 Å². The number of hydrogen-bond acceptors (Lipinski definition) is 3. The second-order valence-electron chi connectivity index (χ2n) is 7.90. The number of halogens is 1. The van der Waals surface area contributed by atoms with Gasteiger partial charge in [-0.15, -0.1) is 0 Å². The molecule has 0 aliphatic heterocycles. The molecule has 0 radical (unpaired) electrons. The Labute approximate surface area is 148 Å². The largest absolute Gasteiger partial charge is 0.354 e. The van der Waals surface area contributed by atoms with Crippen molar-refractivity contribution in [3.05, 3.63) is 35.8 Å². The first-order valence-corrected chi connectivity index (χ1v) is 9.51. The lowest BCUT2D eigenvalue weighted by Gasteiger charge is -2.25. The molecule has 25 heavy (non-hydrogen) atoms. The van der Waals surface area contributed by atoms with Gasteiger partial charge >= 0.3 is 0 Å². The third kappa shape index (κ3) is 3.76. The van der Waals surface area contributed by atoms with Gasteiger partial charge in [-0.2, -0.15) is 0 Å². The lowest BCUT2D eigenvalue weighted by Crippen LogP contribution is -2.27. The molecule has 2 N–H and O–H groups in total. The molecule has 2 aliphatic carbocycles. The van der Waals surface area contributed by atoms with Crippen molar-refractivity contribution in [1.29, 1.82) is 0 Å². The van der Waals surface area contributed by atoms with Gasteiger partial charge in [0.2, 0.25) is 0 Å². The Morgan fingerprint density at radius 1 is 1.12 bits per heavy atom. The van der Waals surface area contributed by atoms with Crippen molar-refractivity contribution < 1.29 is 4.39 Å². The third-order valence-corrected chi connectivity index (χ3v) is 5.79. The number of nitrogens with two attached hydrogens (primary N) is 1. The number of aromatic nitrogens is 3. The van der Waals surface area contributed by atoms with E-state index in [-0.39, 0.29) is 5.82 Å². The van der Waals surface area contributed by atoms with E-state index in [1.165, 1.54) is 24.7 Å². The predicted octanol–water partition coefficient (Wildman–Crippen LogP) is 3.63. The van der Waals surface area contributed by atoms with Crippen molar-refractivity contribution in [2.45, 2.75) is 57.4 Å². The minimum Gasteiger partial charge on any atom is -0.354 e. The zero-order valence-corrected chi connectivity index (χ0v) is 14.9. The second kappa shape index (κ2) is 6.87. The van der Waals surface area contributed by atoms with Crippen LogP contribution in [0.1, 0.15) is 50.0 Å². The fraction of sp³-hybridized carbons (Fsp3) is 0.600. The molecule has 2 aromatic heterocycles. The summed E-state index contributed by atoms with van der Waals surface area (Å²) < 4.78 is 16.6. The van der Waals surface area contributed by atoms with Gasteiger partial charge < -0.3 is 10.3 Å². The minimum atomic E-state index is -0.322. The maximum Gasteiger partial charge on any atom is 0.167 e. The molecule has 2 aromatic rings. The highest BCUT2D eigenvalue weighted by atomic mass is 19.1. The van der Waals surface area contributed by atoms with Crippen molar-refractivity contribution in [3.63, 3.8) is 0 Å². The van der Waals surface area contributed by atoms with Gasteiger partial charge in [0.05, 0.1) is 6.20 Å². The monoisotopic (exact) mass is 342 g/mol. The molecule has 0 saturated heterocycles. The molecule has 0 aromatic carbocycles. The third-order valence-electron chi connectivity index (χ3n) is 5.79. The van der Waals surface area contributed by atoms with Crippen LogP contribution in [-0.2, 0) is 19.9 Å². The SMILES string of the molecule is Cn1ccc(-c2nc(CC3CCC(N)CC3)ncc2F)c1CC1CC1. The Morgan fingerprint density at radius 2 is 1.80 bits per heavy atom. The molecule has 0 bridgehead atoms. The molecule has 5 heteroatoms. The zero-order valence-electron chi connectivity index (χ0n) is 14.9. The first kappa shape index (κ1) is 16.7. The van der Waals surface area contributed by atoms with Crippen LogP contribution in [0.3, 0.4) is 0 Å². The van der Waals surface area contributed by atoms with Gasteiger partial charge in [0.25, 0.3) is 0 Å².